The highest BCUT2D eigenvalue weighted by Crippen LogP contribution is 2.02. The number of nitriles is 1. The molecule has 0 amide bonds. The standard InChI is InChI=1S/C10H10N2/c1-2-12-8-10-5-3-9(7-11)4-6-10/h2-6,12H,1,8H2. The van der Waals surface area contributed by atoms with Gasteiger partial charge in [-0.15, -0.1) is 0 Å². The molecule has 1 N–H and O–H groups in total. The summed E-state index contributed by atoms with van der Waals surface area (Å²) >= 11 is 0. The average molecular weight is 158 g/mol. The highest BCUT2D eigenvalue weighted by molar-refractivity contribution is 5.31. The quantitative estimate of drug-likeness (QED) is 0.728. The lowest BCUT2D eigenvalue weighted by molar-refractivity contribution is 0.872. The number of benzene rings is 1. The second kappa shape index (κ2) is 4.20. The summed E-state index contributed by atoms with van der Waals surface area (Å²) in [5.74, 6) is 0. The van der Waals surface area contributed by atoms with Gasteiger partial charge in [0, 0.05) is 6.54 Å². The fourth-order valence-corrected chi connectivity index (χ4v) is 0.887. The summed E-state index contributed by atoms with van der Waals surface area (Å²) in [6.45, 7) is 4.31. The van der Waals surface area contributed by atoms with Crippen LogP contribution in [-0.2, 0) is 6.54 Å². The predicted octanol–water partition coefficient (Wildman–Crippen LogP) is 1.79. The van der Waals surface area contributed by atoms with Gasteiger partial charge in [-0.3, -0.25) is 0 Å². The van der Waals surface area contributed by atoms with E-state index in [2.05, 4.69) is 18.0 Å². The number of nitrogens with one attached hydrogen (secondary N) is 1. The molecule has 0 saturated carbocycles. The van der Waals surface area contributed by atoms with Crippen LogP contribution in [-0.4, -0.2) is 0 Å². The van der Waals surface area contributed by atoms with Crippen molar-refractivity contribution in [2.45, 2.75) is 6.54 Å². The summed E-state index contributed by atoms with van der Waals surface area (Å²) in [5, 5.41) is 11.5. The molecule has 60 valence electrons. The van der Waals surface area contributed by atoms with E-state index in [0.717, 1.165) is 12.1 Å². The van der Waals surface area contributed by atoms with Gasteiger partial charge in [-0.25, -0.2) is 0 Å². The van der Waals surface area contributed by atoms with Gasteiger partial charge in [0.2, 0.25) is 0 Å². The summed E-state index contributed by atoms with van der Waals surface area (Å²) in [7, 11) is 0. The zero-order chi connectivity index (χ0) is 8.81. The molecular formula is C10H10N2. The monoisotopic (exact) mass is 158 g/mol. The van der Waals surface area contributed by atoms with E-state index in [1.807, 2.05) is 12.1 Å². The molecule has 0 saturated heterocycles. The van der Waals surface area contributed by atoms with E-state index in [4.69, 9.17) is 5.26 Å². The maximum atomic E-state index is 8.52. The minimum absolute atomic E-state index is 0.692. The molecule has 0 radical (unpaired) electrons. The number of nitrogens with zero attached hydrogens (tertiary/aromatic N) is 1. The first-order chi connectivity index (χ1) is 5.86. The van der Waals surface area contributed by atoms with Crippen molar-refractivity contribution < 1.29 is 0 Å². The topological polar surface area (TPSA) is 35.8 Å². The van der Waals surface area contributed by atoms with Gasteiger partial charge >= 0.3 is 0 Å². The van der Waals surface area contributed by atoms with E-state index in [0.29, 0.717) is 5.56 Å². The normalized spacial score (nSPS) is 8.58. The Kier molecular flexibility index (Phi) is 2.92. The molecule has 1 rings (SSSR count). The smallest absolute Gasteiger partial charge is 0.0991 e. The van der Waals surface area contributed by atoms with E-state index in [9.17, 15) is 0 Å². The Morgan fingerprint density at radius 1 is 1.42 bits per heavy atom. The molecule has 0 aliphatic heterocycles. The van der Waals surface area contributed by atoms with E-state index >= 15 is 0 Å². The van der Waals surface area contributed by atoms with Gasteiger partial charge < -0.3 is 5.32 Å². The van der Waals surface area contributed by atoms with Crippen molar-refractivity contribution in [1.82, 2.24) is 5.32 Å². The molecule has 0 bridgehead atoms. The lowest BCUT2D eigenvalue weighted by Gasteiger charge is -1.99. The molecule has 0 aliphatic carbocycles. The average Bonchev–Trinajstić information content (AvgIpc) is 2.15. The summed E-state index contributed by atoms with van der Waals surface area (Å²) in [6, 6.07) is 9.53. The number of rotatable bonds is 3. The maximum absolute atomic E-state index is 8.52. The van der Waals surface area contributed by atoms with E-state index in [1.54, 1.807) is 18.3 Å². The number of hydrogen-bond acceptors (Lipinski definition) is 2. The summed E-state index contributed by atoms with van der Waals surface area (Å²) in [4.78, 5) is 0. The molecular weight excluding hydrogens is 148 g/mol. The fourth-order valence-electron chi connectivity index (χ4n) is 0.887. The zero-order valence-electron chi connectivity index (χ0n) is 6.75. The van der Waals surface area contributed by atoms with Crippen LogP contribution in [0.1, 0.15) is 11.1 Å². The van der Waals surface area contributed by atoms with Crippen LogP contribution in [0.2, 0.25) is 0 Å². The summed E-state index contributed by atoms with van der Waals surface area (Å²) in [6.07, 6.45) is 1.65. The lowest BCUT2D eigenvalue weighted by atomic mass is 10.1. The summed E-state index contributed by atoms with van der Waals surface area (Å²) < 4.78 is 0. The molecule has 0 unspecified atom stereocenters. The molecule has 0 spiro atoms. The zero-order valence-corrected chi connectivity index (χ0v) is 6.75. The molecule has 1 aromatic rings. The molecule has 0 heterocycles. The minimum atomic E-state index is 0.692. The third-order valence-electron chi connectivity index (χ3n) is 1.53. The molecule has 0 atom stereocenters. The van der Waals surface area contributed by atoms with Gasteiger partial charge in [-0.2, -0.15) is 5.26 Å². The highest BCUT2D eigenvalue weighted by Gasteiger charge is 1.90. The van der Waals surface area contributed by atoms with Crippen molar-refractivity contribution >= 4 is 0 Å². The van der Waals surface area contributed by atoms with E-state index in [1.165, 1.54) is 0 Å². The molecule has 0 aliphatic rings. The van der Waals surface area contributed by atoms with Crippen LogP contribution in [0.25, 0.3) is 0 Å². The molecule has 0 fully saturated rings. The first-order valence-corrected chi connectivity index (χ1v) is 3.70. The van der Waals surface area contributed by atoms with Crippen LogP contribution in [0, 0.1) is 11.3 Å². The summed E-state index contributed by atoms with van der Waals surface area (Å²) in [5.41, 5.74) is 1.84. The number of hydrogen-bond donors (Lipinski definition) is 1. The van der Waals surface area contributed by atoms with Gasteiger partial charge in [-0.05, 0) is 23.9 Å². The second-order valence-corrected chi connectivity index (χ2v) is 2.39. The van der Waals surface area contributed by atoms with Gasteiger partial charge in [0.25, 0.3) is 0 Å². The Labute approximate surface area is 72.1 Å². The molecule has 0 aromatic heterocycles. The lowest BCUT2D eigenvalue weighted by Crippen LogP contribution is -2.02. The van der Waals surface area contributed by atoms with Crippen LogP contribution in [0.15, 0.2) is 37.0 Å². The SMILES string of the molecule is C=CNCc1ccc(C#N)cc1. The fraction of sp³-hybridized carbons (Fsp3) is 0.100. The van der Waals surface area contributed by atoms with Crippen LogP contribution >= 0.6 is 0 Å². The van der Waals surface area contributed by atoms with Crippen LogP contribution in [0.3, 0.4) is 0 Å². The van der Waals surface area contributed by atoms with E-state index in [-0.39, 0.29) is 0 Å². The first kappa shape index (κ1) is 8.35. The van der Waals surface area contributed by atoms with E-state index < -0.39 is 0 Å². The minimum Gasteiger partial charge on any atom is -0.387 e. The van der Waals surface area contributed by atoms with Crippen molar-refractivity contribution in [2.75, 3.05) is 0 Å². The Hall–Kier alpha value is -1.75. The third-order valence-corrected chi connectivity index (χ3v) is 1.53. The third kappa shape index (κ3) is 2.14. The van der Waals surface area contributed by atoms with Gasteiger partial charge in [0.1, 0.15) is 0 Å². The Bertz CT molecular complexity index is 293. The van der Waals surface area contributed by atoms with Gasteiger partial charge in [0.15, 0.2) is 0 Å². The van der Waals surface area contributed by atoms with Crippen molar-refractivity contribution in [3.63, 3.8) is 0 Å². The highest BCUT2D eigenvalue weighted by atomic mass is 14.8. The first-order valence-electron chi connectivity index (χ1n) is 3.70. The van der Waals surface area contributed by atoms with Crippen molar-refractivity contribution in [3.8, 4) is 6.07 Å². The Balaban J connectivity index is 2.66. The largest absolute Gasteiger partial charge is 0.387 e. The van der Waals surface area contributed by atoms with Gasteiger partial charge in [-0.1, -0.05) is 18.7 Å². The molecule has 2 nitrogen and oxygen atoms in total. The maximum Gasteiger partial charge on any atom is 0.0991 e. The molecule has 2 heteroatoms. The second-order valence-electron chi connectivity index (χ2n) is 2.39. The van der Waals surface area contributed by atoms with Crippen molar-refractivity contribution in [1.29, 1.82) is 5.26 Å². The molecule has 1 aromatic carbocycles. The Morgan fingerprint density at radius 3 is 2.58 bits per heavy atom. The Morgan fingerprint density at radius 2 is 2.08 bits per heavy atom. The van der Waals surface area contributed by atoms with Crippen LogP contribution in [0.4, 0.5) is 0 Å². The van der Waals surface area contributed by atoms with Crippen LogP contribution in [0.5, 0.6) is 0 Å². The van der Waals surface area contributed by atoms with Crippen LogP contribution < -0.4 is 5.32 Å². The van der Waals surface area contributed by atoms with Gasteiger partial charge in [0.05, 0.1) is 11.6 Å². The predicted molar refractivity (Wildman–Crippen MR) is 48.2 cm³/mol. The molecule has 12 heavy (non-hydrogen) atoms. The van der Waals surface area contributed by atoms with Crippen molar-refractivity contribution in [2.24, 2.45) is 0 Å². The van der Waals surface area contributed by atoms with Crippen molar-refractivity contribution in [3.05, 3.63) is 48.2 Å².